The largest absolute Gasteiger partial charge is 0.547 e. The summed E-state index contributed by atoms with van der Waals surface area (Å²) < 4.78 is 10.4. The van der Waals surface area contributed by atoms with Crippen LogP contribution in [0.4, 0.5) is 0 Å². The van der Waals surface area contributed by atoms with Crippen molar-refractivity contribution < 1.29 is 19.4 Å². The summed E-state index contributed by atoms with van der Waals surface area (Å²) in [7, 11) is 0. The highest BCUT2D eigenvalue weighted by Crippen LogP contribution is 2.25. The average molecular weight is 173 g/mol. The summed E-state index contributed by atoms with van der Waals surface area (Å²) in [6, 6.07) is 0. The van der Waals surface area contributed by atoms with E-state index in [9.17, 15) is 9.90 Å². The number of rotatable bonds is 2. The molecule has 0 aromatic carbocycles. The Morgan fingerprint density at radius 3 is 2.75 bits per heavy atom. The molecule has 0 aliphatic carbocycles. The Kier molecular flexibility index (Phi) is 2.69. The SMILES string of the molecule is CCC1(C)OCCOC1C(=O)[O-]. The fourth-order valence-electron chi connectivity index (χ4n) is 1.30. The number of hydrogen-bond acceptors (Lipinski definition) is 4. The first kappa shape index (κ1) is 9.48. The second kappa shape index (κ2) is 3.41. The molecule has 1 aliphatic heterocycles. The van der Waals surface area contributed by atoms with Crippen LogP contribution in [0.1, 0.15) is 20.3 Å². The number of carbonyl (C=O) groups is 1. The van der Waals surface area contributed by atoms with E-state index in [2.05, 4.69) is 0 Å². The lowest BCUT2D eigenvalue weighted by molar-refractivity contribution is -0.332. The maximum Gasteiger partial charge on any atom is 0.125 e. The lowest BCUT2D eigenvalue weighted by Gasteiger charge is -2.40. The predicted octanol–water partition coefficient (Wildman–Crippen LogP) is -0.680. The van der Waals surface area contributed by atoms with Gasteiger partial charge < -0.3 is 19.4 Å². The molecule has 1 fully saturated rings. The molecule has 1 saturated heterocycles. The Balaban J connectivity index is 2.73. The van der Waals surface area contributed by atoms with Crippen molar-refractivity contribution in [2.45, 2.75) is 32.0 Å². The fourth-order valence-corrected chi connectivity index (χ4v) is 1.30. The molecule has 12 heavy (non-hydrogen) atoms. The Bertz CT molecular complexity index is 180. The maximum absolute atomic E-state index is 10.6. The fraction of sp³-hybridized carbons (Fsp3) is 0.875. The number of carboxylic acid groups (broad SMARTS) is 1. The first-order valence-electron chi connectivity index (χ1n) is 4.06. The van der Waals surface area contributed by atoms with Crippen LogP contribution in [0.15, 0.2) is 0 Å². The van der Waals surface area contributed by atoms with Gasteiger partial charge in [0, 0.05) is 0 Å². The van der Waals surface area contributed by atoms with E-state index in [0.717, 1.165) is 0 Å². The molecular formula is C8H13O4-. The van der Waals surface area contributed by atoms with E-state index < -0.39 is 17.7 Å². The van der Waals surface area contributed by atoms with E-state index in [-0.39, 0.29) is 0 Å². The van der Waals surface area contributed by atoms with Crippen molar-refractivity contribution in [2.75, 3.05) is 13.2 Å². The molecule has 0 aromatic rings. The highest BCUT2D eigenvalue weighted by atomic mass is 16.6. The van der Waals surface area contributed by atoms with E-state index in [1.54, 1.807) is 6.92 Å². The number of hydrogen-bond donors (Lipinski definition) is 0. The monoisotopic (exact) mass is 173 g/mol. The number of carboxylic acids is 1. The van der Waals surface area contributed by atoms with Crippen molar-refractivity contribution in [3.8, 4) is 0 Å². The Labute approximate surface area is 71.5 Å². The molecule has 0 bridgehead atoms. The van der Waals surface area contributed by atoms with E-state index in [0.29, 0.717) is 19.6 Å². The standard InChI is InChI=1S/C8H14O4/c1-3-8(2)6(7(9)10)11-4-5-12-8/h6H,3-5H2,1-2H3,(H,9,10)/p-1. The molecule has 1 rings (SSSR count). The van der Waals surface area contributed by atoms with Gasteiger partial charge in [0.1, 0.15) is 6.10 Å². The second-order valence-corrected chi connectivity index (χ2v) is 3.08. The van der Waals surface area contributed by atoms with Gasteiger partial charge in [-0.3, -0.25) is 0 Å². The highest BCUT2D eigenvalue weighted by molar-refractivity contribution is 5.71. The summed E-state index contributed by atoms with van der Waals surface area (Å²) in [6.07, 6.45) is -0.331. The Hall–Kier alpha value is -0.610. The van der Waals surface area contributed by atoms with Crippen LogP contribution in [0.2, 0.25) is 0 Å². The van der Waals surface area contributed by atoms with Crippen LogP contribution in [-0.4, -0.2) is 30.9 Å². The van der Waals surface area contributed by atoms with Gasteiger partial charge in [0.25, 0.3) is 0 Å². The second-order valence-electron chi connectivity index (χ2n) is 3.08. The Morgan fingerprint density at radius 1 is 1.67 bits per heavy atom. The molecule has 2 unspecified atom stereocenters. The van der Waals surface area contributed by atoms with Gasteiger partial charge in [-0.1, -0.05) is 6.92 Å². The van der Waals surface area contributed by atoms with Crippen molar-refractivity contribution in [3.05, 3.63) is 0 Å². The summed E-state index contributed by atoms with van der Waals surface area (Å²) >= 11 is 0. The van der Waals surface area contributed by atoms with Crippen LogP contribution < -0.4 is 5.11 Å². The minimum Gasteiger partial charge on any atom is -0.547 e. The smallest absolute Gasteiger partial charge is 0.125 e. The van der Waals surface area contributed by atoms with Gasteiger partial charge in [0.05, 0.1) is 24.8 Å². The van der Waals surface area contributed by atoms with Crippen molar-refractivity contribution in [2.24, 2.45) is 0 Å². The summed E-state index contributed by atoms with van der Waals surface area (Å²) in [6.45, 7) is 4.37. The van der Waals surface area contributed by atoms with Crippen molar-refractivity contribution >= 4 is 5.97 Å². The zero-order chi connectivity index (χ0) is 9.19. The first-order valence-corrected chi connectivity index (χ1v) is 4.06. The normalized spacial score (nSPS) is 36.3. The quantitative estimate of drug-likeness (QED) is 0.555. The van der Waals surface area contributed by atoms with Crippen molar-refractivity contribution in [1.29, 1.82) is 0 Å². The van der Waals surface area contributed by atoms with E-state index in [1.165, 1.54) is 0 Å². The molecule has 2 atom stereocenters. The molecule has 4 nitrogen and oxygen atoms in total. The van der Waals surface area contributed by atoms with Gasteiger partial charge in [-0.25, -0.2) is 0 Å². The van der Waals surface area contributed by atoms with Crippen molar-refractivity contribution in [3.63, 3.8) is 0 Å². The molecule has 0 amide bonds. The van der Waals surface area contributed by atoms with Crippen LogP contribution >= 0.6 is 0 Å². The van der Waals surface area contributed by atoms with Gasteiger partial charge >= 0.3 is 0 Å². The Morgan fingerprint density at radius 2 is 2.33 bits per heavy atom. The van der Waals surface area contributed by atoms with Crippen molar-refractivity contribution in [1.82, 2.24) is 0 Å². The molecule has 0 aromatic heterocycles. The third-order valence-corrected chi connectivity index (χ3v) is 2.27. The molecule has 1 heterocycles. The van der Waals surface area contributed by atoms with Crippen LogP contribution in [0.3, 0.4) is 0 Å². The molecule has 70 valence electrons. The zero-order valence-corrected chi connectivity index (χ0v) is 7.33. The zero-order valence-electron chi connectivity index (χ0n) is 7.33. The number of aliphatic carboxylic acids is 1. The van der Waals surface area contributed by atoms with Gasteiger partial charge in [-0.05, 0) is 13.3 Å². The van der Waals surface area contributed by atoms with Crippen LogP contribution in [-0.2, 0) is 14.3 Å². The molecule has 0 radical (unpaired) electrons. The summed E-state index contributed by atoms with van der Waals surface area (Å²) in [5.74, 6) is -1.20. The predicted molar refractivity (Wildman–Crippen MR) is 39.4 cm³/mol. The minimum absolute atomic E-state index is 0.328. The van der Waals surface area contributed by atoms with Gasteiger partial charge in [0.15, 0.2) is 0 Å². The lowest BCUT2D eigenvalue weighted by Crippen LogP contribution is -2.56. The topological polar surface area (TPSA) is 58.6 Å². The molecule has 4 heteroatoms. The summed E-state index contributed by atoms with van der Waals surface area (Å²) in [5, 5.41) is 10.6. The van der Waals surface area contributed by atoms with Crippen LogP contribution in [0, 0.1) is 0 Å². The maximum atomic E-state index is 10.6. The van der Waals surface area contributed by atoms with Gasteiger partial charge in [0.2, 0.25) is 0 Å². The molecule has 0 spiro atoms. The minimum atomic E-state index is -1.20. The molecule has 1 aliphatic rings. The summed E-state index contributed by atoms with van der Waals surface area (Å²) in [5.41, 5.74) is -0.725. The molecular weight excluding hydrogens is 160 g/mol. The van der Waals surface area contributed by atoms with Crippen LogP contribution in [0.25, 0.3) is 0 Å². The average Bonchev–Trinajstić information content (AvgIpc) is 2.05. The molecule has 0 N–H and O–H groups in total. The van der Waals surface area contributed by atoms with E-state index >= 15 is 0 Å². The van der Waals surface area contributed by atoms with Crippen LogP contribution in [0.5, 0.6) is 0 Å². The highest BCUT2D eigenvalue weighted by Gasteiger charge is 2.38. The lowest BCUT2D eigenvalue weighted by atomic mass is 9.95. The van der Waals surface area contributed by atoms with Gasteiger partial charge in [-0.2, -0.15) is 0 Å². The number of carbonyl (C=O) groups excluding carboxylic acids is 1. The first-order chi connectivity index (χ1) is 5.60. The summed E-state index contributed by atoms with van der Waals surface area (Å²) in [4.78, 5) is 10.6. The van der Waals surface area contributed by atoms with E-state index in [1.807, 2.05) is 6.92 Å². The third-order valence-electron chi connectivity index (χ3n) is 2.27. The third kappa shape index (κ3) is 1.59. The van der Waals surface area contributed by atoms with Gasteiger partial charge in [-0.15, -0.1) is 0 Å². The molecule has 0 saturated carbocycles. The number of ether oxygens (including phenoxy) is 2. The van der Waals surface area contributed by atoms with E-state index in [4.69, 9.17) is 9.47 Å².